The van der Waals surface area contributed by atoms with Crippen LogP contribution in [0.2, 0.25) is 0 Å². The lowest BCUT2D eigenvalue weighted by Crippen LogP contribution is -2.01. The van der Waals surface area contributed by atoms with Crippen LogP contribution in [0.5, 0.6) is 11.5 Å². The van der Waals surface area contributed by atoms with E-state index in [9.17, 15) is 20.2 Å². The normalized spacial score (nSPS) is 10.7. The SMILES string of the molecule is CCCOc1c(I)cc(/C=N/Nc2ccc([N+](=O)[O-])cc2[N+](=O)[O-])cc1OC. The lowest BCUT2D eigenvalue weighted by atomic mass is 10.2. The minimum atomic E-state index is -0.712. The monoisotopic (exact) mass is 500 g/mol. The summed E-state index contributed by atoms with van der Waals surface area (Å²) in [5, 5.41) is 25.9. The minimum Gasteiger partial charge on any atom is -0.493 e. The van der Waals surface area contributed by atoms with Crippen molar-refractivity contribution in [3.05, 3.63) is 59.7 Å². The number of nitrogens with zero attached hydrogens (tertiary/aromatic N) is 3. The molecule has 28 heavy (non-hydrogen) atoms. The van der Waals surface area contributed by atoms with Crippen LogP contribution in [-0.2, 0) is 0 Å². The second kappa shape index (κ2) is 9.82. The maximum Gasteiger partial charge on any atom is 0.301 e. The summed E-state index contributed by atoms with van der Waals surface area (Å²) in [7, 11) is 1.53. The maximum atomic E-state index is 11.1. The van der Waals surface area contributed by atoms with E-state index in [1.54, 1.807) is 6.07 Å². The van der Waals surface area contributed by atoms with E-state index in [0.717, 1.165) is 22.1 Å². The highest BCUT2D eigenvalue weighted by molar-refractivity contribution is 14.1. The van der Waals surface area contributed by atoms with Gasteiger partial charge in [0.25, 0.3) is 5.69 Å². The number of methoxy groups -OCH3 is 1. The van der Waals surface area contributed by atoms with E-state index in [1.807, 2.05) is 13.0 Å². The van der Waals surface area contributed by atoms with Gasteiger partial charge >= 0.3 is 5.69 Å². The Morgan fingerprint density at radius 2 is 1.96 bits per heavy atom. The largest absolute Gasteiger partial charge is 0.493 e. The molecule has 11 heteroatoms. The first-order valence-corrected chi connectivity index (χ1v) is 9.17. The number of nitro benzene ring substituents is 2. The number of ether oxygens (including phenoxy) is 2. The van der Waals surface area contributed by atoms with Gasteiger partial charge in [0.15, 0.2) is 11.5 Å². The van der Waals surface area contributed by atoms with Crippen LogP contribution >= 0.6 is 22.6 Å². The summed E-state index contributed by atoms with van der Waals surface area (Å²) in [5.41, 5.74) is 2.45. The fourth-order valence-corrected chi connectivity index (χ4v) is 3.00. The number of benzene rings is 2. The number of anilines is 1. The zero-order valence-electron chi connectivity index (χ0n) is 15.0. The molecule has 0 saturated heterocycles. The molecule has 0 aliphatic heterocycles. The van der Waals surface area contributed by atoms with Gasteiger partial charge < -0.3 is 9.47 Å². The Hall–Kier alpha value is -2.96. The summed E-state index contributed by atoms with van der Waals surface area (Å²) in [4.78, 5) is 20.5. The van der Waals surface area contributed by atoms with Gasteiger partial charge in [-0.05, 0) is 52.8 Å². The molecule has 0 amide bonds. The van der Waals surface area contributed by atoms with Crippen molar-refractivity contribution in [2.24, 2.45) is 5.10 Å². The van der Waals surface area contributed by atoms with E-state index < -0.39 is 15.5 Å². The van der Waals surface area contributed by atoms with Crippen LogP contribution in [0, 0.1) is 23.8 Å². The molecule has 2 aromatic carbocycles. The summed E-state index contributed by atoms with van der Waals surface area (Å²) in [6.45, 7) is 2.56. The van der Waals surface area contributed by atoms with Crippen molar-refractivity contribution in [2.75, 3.05) is 19.1 Å². The van der Waals surface area contributed by atoms with Crippen LogP contribution in [0.4, 0.5) is 17.1 Å². The second-order valence-corrected chi connectivity index (χ2v) is 6.63. The molecule has 0 unspecified atom stereocenters. The van der Waals surface area contributed by atoms with Gasteiger partial charge in [0.2, 0.25) is 0 Å². The zero-order chi connectivity index (χ0) is 20.7. The summed E-state index contributed by atoms with van der Waals surface area (Å²) in [6.07, 6.45) is 2.32. The van der Waals surface area contributed by atoms with Gasteiger partial charge in [0.1, 0.15) is 5.69 Å². The van der Waals surface area contributed by atoms with Crippen molar-refractivity contribution in [3.8, 4) is 11.5 Å². The number of nitro groups is 2. The molecule has 10 nitrogen and oxygen atoms in total. The van der Waals surface area contributed by atoms with E-state index in [0.29, 0.717) is 23.7 Å². The Balaban J connectivity index is 2.24. The molecule has 0 atom stereocenters. The van der Waals surface area contributed by atoms with E-state index in [4.69, 9.17) is 9.47 Å². The average Bonchev–Trinajstić information content (AvgIpc) is 2.66. The van der Waals surface area contributed by atoms with Crippen molar-refractivity contribution >= 4 is 45.9 Å². The number of halogens is 1. The van der Waals surface area contributed by atoms with Gasteiger partial charge in [-0.15, -0.1) is 0 Å². The molecular formula is C17H17IN4O6. The Morgan fingerprint density at radius 3 is 2.57 bits per heavy atom. The van der Waals surface area contributed by atoms with Crippen LogP contribution in [0.25, 0.3) is 0 Å². The Kier molecular flexibility index (Phi) is 7.49. The van der Waals surface area contributed by atoms with E-state index in [-0.39, 0.29) is 11.4 Å². The highest BCUT2D eigenvalue weighted by Gasteiger charge is 2.19. The van der Waals surface area contributed by atoms with Crippen LogP contribution in [0.15, 0.2) is 35.4 Å². The Bertz CT molecular complexity index is 919. The maximum absolute atomic E-state index is 11.1. The van der Waals surface area contributed by atoms with Gasteiger partial charge in [-0.2, -0.15) is 5.10 Å². The smallest absolute Gasteiger partial charge is 0.301 e. The lowest BCUT2D eigenvalue weighted by molar-refractivity contribution is -0.393. The molecule has 2 aromatic rings. The van der Waals surface area contributed by atoms with Crippen molar-refractivity contribution in [2.45, 2.75) is 13.3 Å². The lowest BCUT2D eigenvalue weighted by Gasteiger charge is -2.12. The second-order valence-electron chi connectivity index (χ2n) is 5.47. The van der Waals surface area contributed by atoms with Crippen LogP contribution in [0.1, 0.15) is 18.9 Å². The average molecular weight is 500 g/mol. The highest BCUT2D eigenvalue weighted by atomic mass is 127. The fraction of sp³-hybridized carbons (Fsp3) is 0.235. The summed E-state index contributed by atoms with van der Waals surface area (Å²) in [6, 6.07) is 6.83. The predicted molar refractivity (Wildman–Crippen MR) is 112 cm³/mol. The molecule has 1 N–H and O–H groups in total. The molecular weight excluding hydrogens is 483 g/mol. The summed E-state index contributed by atoms with van der Waals surface area (Å²) < 4.78 is 11.9. The number of hydrogen-bond acceptors (Lipinski definition) is 8. The van der Waals surface area contributed by atoms with Crippen LogP contribution in [0.3, 0.4) is 0 Å². The van der Waals surface area contributed by atoms with Crippen molar-refractivity contribution < 1.29 is 19.3 Å². The Labute approximate surface area is 174 Å². The third kappa shape index (κ3) is 5.28. The molecule has 0 aliphatic carbocycles. The fourth-order valence-electron chi connectivity index (χ4n) is 2.21. The summed E-state index contributed by atoms with van der Waals surface area (Å²) in [5.74, 6) is 1.18. The van der Waals surface area contributed by atoms with E-state index >= 15 is 0 Å². The van der Waals surface area contributed by atoms with Crippen molar-refractivity contribution in [1.82, 2.24) is 0 Å². The molecule has 0 fully saturated rings. The first kappa shape index (κ1) is 21.3. The van der Waals surface area contributed by atoms with Gasteiger partial charge in [0, 0.05) is 6.07 Å². The molecule has 0 aromatic heterocycles. The highest BCUT2D eigenvalue weighted by Crippen LogP contribution is 2.34. The minimum absolute atomic E-state index is 0.0383. The molecule has 0 radical (unpaired) electrons. The number of hydrazone groups is 1. The molecule has 0 spiro atoms. The van der Waals surface area contributed by atoms with Crippen LogP contribution in [-0.4, -0.2) is 29.8 Å². The molecule has 148 valence electrons. The third-order valence-corrected chi connectivity index (χ3v) is 4.29. The van der Waals surface area contributed by atoms with Gasteiger partial charge in [-0.25, -0.2) is 0 Å². The Morgan fingerprint density at radius 1 is 1.21 bits per heavy atom. The molecule has 0 saturated carbocycles. The molecule has 0 bridgehead atoms. The topological polar surface area (TPSA) is 129 Å². The molecule has 0 heterocycles. The van der Waals surface area contributed by atoms with Crippen molar-refractivity contribution in [3.63, 3.8) is 0 Å². The van der Waals surface area contributed by atoms with Gasteiger partial charge in [-0.3, -0.25) is 25.7 Å². The van der Waals surface area contributed by atoms with Crippen molar-refractivity contribution in [1.29, 1.82) is 0 Å². The van der Waals surface area contributed by atoms with E-state index in [2.05, 4.69) is 33.1 Å². The quantitative estimate of drug-likeness (QED) is 0.235. The number of nitrogens with one attached hydrogen (secondary N) is 1. The van der Waals surface area contributed by atoms with E-state index in [1.165, 1.54) is 19.4 Å². The number of non-ortho nitro benzene ring substituents is 1. The predicted octanol–water partition coefficient (Wildman–Crippen LogP) is 4.35. The number of hydrogen-bond donors (Lipinski definition) is 1. The first-order valence-electron chi connectivity index (χ1n) is 8.09. The van der Waals surface area contributed by atoms with Gasteiger partial charge in [0.05, 0.1) is 39.4 Å². The first-order chi connectivity index (χ1) is 13.4. The standard InChI is InChI=1S/C17H17IN4O6/c1-3-6-28-17-13(18)7-11(8-16(17)27-2)10-19-20-14-5-4-12(21(23)24)9-15(14)22(25)26/h4-5,7-10,20H,3,6H2,1-2H3/b19-10+. The summed E-state index contributed by atoms with van der Waals surface area (Å²) >= 11 is 2.12. The number of rotatable bonds is 9. The zero-order valence-corrected chi connectivity index (χ0v) is 17.2. The van der Waals surface area contributed by atoms with Crippen LogP contribution < -0.4 is 14.9 Å². The molecule has 2 rings (SSSR count). The van der Waals surface area contributed by atoms with Gasteiger partial charge in [-0.1, -0.05) is 6.92 Å². The molecule has 0 aliphatic rings. The third-order valence-electron chi connectivity index (χ3n) is 3.49.